The predicted octanol–water partition coefficient (Wildman–Crippen LogP) is 4.14. The van der Waals surface area contributed by atoms with Crippen molar-refractivity contribution in [3.8, 4) is 5.75 Å². The summed E-state index contributed by atoms with van der Waals surface area (Å²) in [5.74, 6) is 0.309. The minimum atomic E-state index is 0.309. The van der Waals surface area contributed by atoms with E-state index in [2.05, 4.69) is 37.9 Å². The summed E-state index contributed by atoms with van der Waals surface area (Å²) >= 11 is 0. The smallest absolute Gasteiger partial charge is 0.123 e. The number of para-hydroxylation sites is 1. The Morgan fingerprint density at radius 1 is 1.00 bits per heavy atom. The van der Waals surface area contributed by atoms with Crippen LogP contribution < -0.4 is 0 Å². The number of benzene rings is 1. The molecule has 1 aromatic rings. The first-order valence-electron chi connectivity index (χ1n) is 6.42. The lowest BCUT2D eigenvalue weighted by molar-refractivity contribution is 0.473. The van der Waals surface area contributed by atoms with Crippen molar-refractivity contribution in [1.29, 1.82) is 0 Å². The number of hydrogen-bond donors (Lipinski definition) is 1. The molecule has 0 atom stereocenters. The Kier molecular flexibility index (Phi) is 4.00. The normalized spacial score (nSPS) is 25.6. The minimum Gasteiger partial charge on any atom is -0.507 e. The number of nitrogens with zero attached hydrogens (tertiary/aromatic N) is 1. The lowest BCUT2D eigenvalue weighted by Crippen LogP contribution is -1.87. The molecule has 2 nitrogen and oxygen atoms in total. The number of rotatable bonds is 1. The highest BCUT2D eigenvalue weighted by molar-refractivity contribution is 5.85. The summed E-state index contributed by atoms with van der Waals surface area (Å²) in [5.41, 5.74) is 5.37. The predicted molar refractivity (Wildman–Crippen MR) is 81.6 cm³/mol. The van der Waals surface area contributed by atoms with Crippen LogP contribution in [0.25, 0.3) is 5.57 Å². The van der Waals surface area contributed by atoms with Gasteiger partial charge in [-0.2, -0.15) is 0 Å². The molecule has 1 heterocycles. The summed E-state index contributed by atoms with van der Waals surface area (Å²) < 4.78 is 0. The van der Waals surface area contributed by atoms with Gasteiger partial charge in [-0.15, -0.1) is 0 Å². The van der Waals surface area contributed by atoms with Crippen LogP contribution in [0.3, 0.4) is 0 Å². The molecule has 0 fully saturated rings. The van der Waals surface area contributed by atoms with Crippen molar-refractivity contribution in [2.24, 2.45) is 4.99 Å². The summed E-state index contributed by atoms with van der Waals surface area (Å²) in [6.45, 7) is 6.87. The van der Waals surface area contributed by atoms with E-state index in [1.807, 2.05) is 24.4 Å². The third-order valence-corrected chi connectivity index (χ3v) is 3.24. The molecule has 0 aromatic heterocycles. The van der Waals surface area contributed by atoms with Gasteiger partial charge in [-0.25, -0.2) is 0 Å². The van der Waals surface area contributed by atoms with Crippen LogP contribution in [-0.4, -0.2) is 17.9 Å². The van der Waals surface area contributed by atoms with E-state index in [0.29, 0.717) is 12.3 Å². The van der Waals surface area contributed by atoms with Crippen LogP contribution >= 0.6 is 0 Å². The Bertz CT molecular complexity index is 603. The second kappa shape index (κ2) is 5.70. The van der Waals surface area contributed by atoms with E-state index in [-0.39, 0.29) is 0 Å². The maximum atomic E-state index is 10.0. The van der Waals surface area contributed by atoms with E-state index in [1.54, 1.807) is 6.07 Å². The van der Waals surface area contributed by atoms with E-state index in [0.717, 1.165) is 22.3 Å². The molecule has 0 bridgehead atoms. The Morgan fingerprint density at radius 3 is 2.47 bits per heavy atom. The molecule has 0 unspecified atom stereocenters. The zero-order valence-electron chi connectivity index (χ0n) is 11.6. The van der Waals surface area contributed by atoms with Gasteiger partial charge in [0.15, 0.2) is 0 Å². The van der Waals surface area contributed by atoms with Crippen LogP contribution in [0, 0.1) is 0 Å². The average Bonchev–Trinajstić information content (AvgIpc) is 2.43. The van der Waals surface area contributed by atoms with E-state index >= 15 is 0 Å². The Balaban J connectivity index is 2.58. The molecule has 0 spiro atoms. The highest BCUT2D eigenvalue weighted by Gasteiger charge is 2.06. The molecule has 1 N–H and O–H groups in total. The third kappa shape index (κ3) is 3.22. The molecule has 1 aromatic carbocycles. The second-order valence-electron chi connectivity index (χ2n) is 4.94. The van der Waals surface area contributed by atoms with Crippen molar-refractivity contribution in [2.75, 3.05) is 6.54 Å². The van der Waals surface area contributed by atoms with Gasteiger partial charge in [-0.05, 0) is 43.6 Å². The maximum absolute atomic E-state index is 10.0. The van der Waals surface area contributed by atoms with Gasteiger partial charge in [0.05, 0.1) is 6.54 Å². The Hall–Kier alpha value is -2.09. The minimum absolute atomic E-state index is 0.309. The average molecular weight is 253 g/mol. The number of allylic oxidation sites excluding steroid dienone is 5. The van der Waals surface area contributed by atoms with Crippen molar-refractivity contribution in [2.45, 2.75) is 20.8 Å². The second-order valence-corrected chi connectivity index (χ2v) is 4.94. The van der Waals surface area contributed by atoms with E-state index in [1.165, 1.54) is 5.57 Å². The Morgan fingerprint density at radius 2 is 1.74 bits per heavy atom. The first-order valence-corrected chi connectivity index (χ1v) is 6.42. The standard InChI is InChI=1S/C17H19NO/c1-12-8-15(16-6-4-5-7-17(16)19)9-13(2)14(3)11-18-10-12/h4-9,11,19H,10H2,1-3H3/b12-8-,14-13+,15-9+,18-11?. The van der Waals surface area contributed by atoms with E-state index < -0.39 is 0 Å². The lowest BCUT2D eigenvalue weighted by atomic mass is 9.99. The quantitative estimate of drug-likeness (QED) is 0.801. The summed E-state index contributed by atoms with van der Waals surface area (Å²) in [6.07, 6.45) is 6.11. The number of phenols is 1. The summed E-state index contributed by atoms with van der Waals surface area (Å²) in [7, 11) is 0. The van der Waals surface area contributed by atoms with Gasteiger partial charge in [-0.3, -0.25) is 4.99 Å². The van der Waals surface area contributed by atoms with Crippen LogP contribution in [-0.2, 0) is 0 Å². The highest BCUT2D eigenvalue weighted by Crippen LogP contribution is 2.28. The molecule has 98 valence electrons. The van der Waals surface area contributed by atoms with Gasteiger partial charge in [0.25, 0.3) is 0 Å². The lowest BCUT2D eigenvalue weighted by Gasteiger charge is -2.07. The Labute approximate surface area is 114 Å². The fraction of sp³-hybridized carbons (Fsp3) is 0.235. The molecule has 0 saturated carbocycles. The van der Waals surface area contributed by atoms with Crippen molar-refractivity contribution in [3.05, 3.63) is 58.7 Å². The summed E-state index contributed by atoms with van der Waals surface area (Å²) in [4.78, 5) is 4.41. The van der Waals surface area contributed by atoms with Gasteiger partial charge < -0.3 is 5.11 Å². The molecule has 0 saturated heterocycles. The number of phenolic OH excluding ortho intramolecular Hbond substituents is 1. The van der Waals surface area contributed by atoms with Gasteiger partial charge in [-0.1, -0.05) is 35.9 Å². The number of aliphatic imine (C=N–C) groups is 1. The largest absolute Gasteiger partial charge is 0.507 e. The number of aromatic hydroxyl groups is 1. The monoisotopic (exact) mass is 253 g/mol. The van der Waals surface area contributed by atoms with E-state index in [4.69, 9.17) is 0 Å². The van der Waals surface area contributed by atoms with Crippen LogP contribution in [0.5, 0.6) is 5.75 Å². The molecule has 0 amide bonds. The fourth-order valence-corrected chi connectivity index (χ4v) is 2.00. The first-order chi connectivity index (χ1) is 9.08. The van der Waals surface area contributed by atoms with Gasteiger partial charge in [0.1, 0.15) is 5.75 Å². The van der Waals surface area contributed by atoms with Crippen LogP contribution in [0.4, 0.5) is 0 Å². The van der Waals surface area contributed by atoms with Crippen LogP contribution in [0.15, 0.2) is 58.1 Å². The molecule has 19 heavy (non-hydrogen) atoms. The van der Waals surface area contributed by atoms with Crippen molar-refractivity contribution in [1.82, 2.24) is 0 Å². The van der Waals surface area contributed by atoms with Gasteiger partial charge in [0, 0.05) is 11.8 Å². The molecular weight excluding hydrogens is 234 g/mol. The summed E-state index contributed by atoms with van der Waals surface area (Å²) in [6, 6.07) is 7.43. The third-order valence-electron chi connectivity index (χ3n) is 3.24. The molecular formula is C17H19NO. The van der Waals surface area contributed by atoms with Gasteiger partial charge in [0.2, 0.25) is 0 Å². The van der Waals surface area contributed by atoms with Crippen LogP contribution in [0.2, 0.25) is 0 Å². The molecule has 0 aliphatic carbocycles. The molecule has 1 aliphatic rings. The zero-order chi connectivity index (χ0) is 13.8. The molecule has 2 rings (SSSR count). The fourth-order valence-electron chi connectivity index (χ4n) is 2.00. The highest BCUT2D eigenvalue weighted by atomic mass is 16.3. The van der Waals surface area contributed by atoms with Crippen molar-refractivity contribution in [3.63, 3.8) is 0 Å². The van der Waals surface area contributed by atoms with Crippen LogP contribution in [0.1, 0.15) is 26.3 Å². The topological polar surface area (TPSA) is 32.6 Å². The SMILES string of the molecule is C/C1=C/C(c2ccccc2O)=C\C(C)=C(/C)C=NC1. The molecule has 2 heteroatoms. The summed E-state index contributed by atoms with van der Waals surface area (Å²) in [5, 5.41) is 10.0. The molecule has 1 aliphatic heterocycles. The zero-order valence-corrected chi connectivity index (χ0v) is 11.6. The van der Waals surface area contributed by atoms with Gasteiger partial charge >= 0.3 is 0 Å². The number of hydrogen-bond acceptors (Lipinski definition) is 2. The maximum Gasteiger partial charge on any atom is 0.123 e. The van der Waals surface area contributed by atoms with Crippen molar-refractivity contribution >= 4 is 11.8 Å². The molecule has 0 radical (unpaired) electrons. The first kappa shape index (κ1) is 13.3. The van der Waals surface area contributed by atoms with E-state index in [9.17, 15) is 5.11 Å². The van der Waals surface area contributed by atoms with Crippen molar-refractivity contribution < 1.29 is 5.11 Å².